The first-order valence-electron chi connectivity index (χ1n) is 4.95. The molecule has 0 saturated heterocycles. The first kappa shape index (κ1) is 11.1. The number of aromatic nitrogens is 3. The van der Waals surface area contributed by atoms with Crippen LogP contribution >= 0.6 is 0 Å². The predicted molar refractivity (Wildman–Crippen MR) is 59.1 cm³/mol. The number of ether oxygens (including phenoxy) is 1. The summed E-state index contributed by atoms with van der Waals surface area (Å²) in [6.07, 6.45) is 1.60. The van der Waals surface area contributed by atoms with Crippen molar-refractivity contribution in [1.82, 2.24) is 14.8 Å². The molecule has 17 heavy (non-hydrogen) atoms. The molecule has 1 N–H and O–H groups in total. The van der Waals surface area contributed by atoms with Crippen molar-refractivity contribution in [2.75, 3.05) is 7.11 Å². The van der Waals surface area contributed by atoms with Crippen molar-refractivity contribution in [3.63, 3.8) is 0 Å². The van der Waals surface area contributed by atoms with Gasteiger partial charge in [0.05, 0.1) is 19.3 Å². The number of nitrogens with zero attached hydrogens (tertiary/aromatic N) is 3. The van der Waals surface area contributed by atoms with Crippen LogP contribution in [-0.2, 0) is 6.54 Å². The first-order valence-corrected chi connectivity index (χ1v) is 4.95. The summed E-state index contributed by atoms with van der Waals surface area (Å²) in [5.41, 5.74) is 0.775. The van der Waals surface area contributed by atoms with Crippen LogP contribution in [0.4, 0.5) is 0 Å². The Kier molecular flexibility index (Phi) is 3.04. The Bertz CT molecular complexity index is 536. The standard InChI is InChI=1S/C11H11N3O3/c1-17-10-4-2-3-8(12-10)7-14-6-5-9(13-14)11(15)16/h2-6H,7H2,1H3,(H,15,16). The summed E-state index contributed by atoms with van der Waals surface area (Å²) in [4.78, 5) is 14.9. The Balaban J connectivity index is 2.16. The van der Waals surface area contributed by atoms with Crippen LogP contribution in [0.2, 0.25) is 0 Å². The largest absolute Gasteiger partial charge is 0.481 e. The maximum absolute atomic E-state index is 10.7. The molecule has 2 heterocycles. The Hall–Kier alpha value is -2.37. The first-order chi connectivity index (χ1) is 8.19. The van der Waals surface area contributed by atoms with Crippen LogP contribution in [0.25, 0.3) is 0 Å². The van der Waals surface area contributed by atoms with Crippen molar-refractivity contribution >= 4 is 5.97 Å². The molecule has 0 aliphatic carbocycles. The zero-order valence-electron chi connectivity index (χ0n) is 9.20. The van der Waals surface area contributed by atoms with E-state index < -0.39 is 5.97 Å². The van der Waals surface area contributed by atoms with Crippen LogP contribution < -0.4 is 4.74 Å². The average Bonchev–Trinajstić information content (AvgIpc) is 2.78. The number of aromatic carboxylic acids is 1. The topological polar surface area (TPSA) is 77.2 Å². The van der Waals surface area contributed by atoms with Gasteiger partial charge in [-0.05, 0) is 12.1 Å². The highest BCUT2D eigenvalue weighted by Crippen LogP contribution is 2.08. The van der Waals surface area contributed by atoms with Gasteiger partial charge in [0, 0.05) is 12.3 Å². The Morgan fingerprint density at radius 1 is 1.47 bits per heavy atom. The predicted octanol–water partition coefficient (Wildman–Crippen LogP) is 1.03. The van der Waals surface area contributed by atoms with Crippen molar-refractivity contribution in [3.8, 4) is 5.88 Å². The van der Waals surface area contributed by atoms with Gasteiger partial charge in [-0.25, -0.2) is 9.78 Å². The second-order valence-corrected chi connectivity index (χ2v) is 3.37. The number of carboxylic acids is 1. The lowest BCUT2D eigenvalue weighted by Gasteiger charge is -2.03. The average molecular weight is 233 g/mol. The number of methoxy groups -OCH3 is 1. The van der Waals surface area contributed by atoms with E-state index in [0.29, 0.717) is 12.4 Å². The quantitative estimate of drug-likeness (QED) is 0.853. The number of carbonyl (C=O) groups is 1. The van der Waals surface area contributed by atoms with Gasteiger partial charge in [0.25, 0.3) is 0 Å². The second kappa shape index (κ2) is 4.65. The Labute approximate surface area is 97.5 Å². The fourth-order valence-electron chi connectivity index (χ4n) is 1.39. The number of hydrogen-bond acceptors (Lipinski definition) is 4. The van der Waals surface area contributed by atoms with Crippen LogP contribution in [0.5, 0.6) is 5.88 Å². The highest BCUT2D eigenvalue weighted by Gasteiger charge is 2.07. The summed E-state index contributed by atoms with van der Waals surface area (Å²) >= 11 is 0. The molecule has 0 radical (unpaired) electrons. The van der Waals surface area contributed by atoms with Crippen LogP contribution in [-0.4, -0.2) is 33.0 Å². The molecule has 2 rings (SSSR count). The molecule has 0 amide bonds. The van der Waals surface area contributed by atoms with Crippen LogP contribution in [0.15, 0.2) is 30.5 Å². The highest BCUT2D eigenvalue weighted by molar-refractivity contribution is 5.85. The molecule has 0 aromatic carbocycles. The van der Waals surface area contributed by atoms with Gasteiger partial charge in [-0.3, -0.25) is 4.68 Å². The maximum atomic E-state index is 10.7. The minimum absolute atomic E-state index is 0.0212. The van der Waals surface area contributed by atoms with E-state index in [4.69, 9.17) is 9.84 Å². The third-order valence-electron chi connectivity index (χ3n) is 2.17. The van der Waals surface area contributed by atoms with Crippen molar-refractivity contribution in [3.05, 3.63) is 41.9 Å². The van der Waals surface area contributed by atoms with Gasteiger partial charge in [-0.2, -0.15) is 5.10 Å². The van der Waals surface area contributed by atoms with Gasteiger partial charge in [-0.1, -0.05) is 6.07 Å². The smallest absolute Gasteiger partial charge is 0.356 e. The molecule has 0 aliphatic heterocycles. The minimum atomic E-state index is -1.04. The summed E-state index contributed by atoms with van der Waals surface area (Å²) in [6.45, 7) is 0.407. The molecule has 2 aromatic rings. The van der Waals surface area contributed by atoms with Crippen molar-refractivity contribution in [1.29, 1.82) is 0 Å². The fourth-order valence-corrected chi connectivity index (χ4v) is 1.39. The molecule has 0 bridgehead atoms. The van der Waals surface area contributed by atoms with E-state index in [9.17, 15) is 4.79 Å². The van der Waals surface area contributed by atoms with E-state index in [1.807, 2.05) is 12.1 Å². The molecule has 6 nitrogen and oxygen atoms in total. The van der Waals surface area contributed by atoms with Gasteiger partial charge in [0.1, 0.15) is 0 Å². The number of hydrogen-bond donors (Lipinski definition) is 1. The monoisotopic (exact) mass is 233 g/mol. The third-order valence-corrected chi connectivity index (χ3v) is 2.17. The SMILES string of the molecule is COc1cccc(Cn2ccc(C(=O)O)n2)n1. The fraction of sp³-hybridized carbons (Fsp3) is 0.182. The van der Waals surface area contributed by atoms with Gasteiger partial charge < -0.3 is 9.84 Å². The molecule has 0 spiro atoms. The zero-order valence-corrected chi connectivity index (χ0v) is 9.20. The number of pyridine rings is 1. The maximum Gasteiger partial charge on any atom is 0.356 e. The zero-order chi connectivity index (χ0) is 12.3. The number of rotatable bonds is 4. The summed E-state index contributed by atoms with van der Waals surface area (Å²) < 4.78 is 6.52. The molecule has 0 atom stereocenters. The third kappa shape index (κ3) is 2.60. The highest BCUT2D eigenvalue weighted by atomic mass is 16.5. The Morgan fingerprint density at radius 2 is 2.29 bits per heavy atom. The van der Waals surface area contributed by atoms with Crippen LogP contribution in [0, 0.1) is 0 Å². The van der Waals surface area contributed by atoms with Gasteiger partial charge in [0.2, 0.25) is 5.88 Å². The van der Waals surface area contributed by atoms with E-state index in [2.05, 4.69) is 10.1 Å². The molecule has 0 saturated carbocycles. The normalized spacial score (nSPS) is 10.2. The molecule has 0 fully saturated rings. The second-order valence-electron chi connectivity index (χ2n) is 3.37. The summed E-state index contributed by atoms with van der Waals surface area (Å²) in [6, 6.07) is 6.84. The summed E-state index contributed by atoms with van der Waals surface area (Å²) in [5.74, 6) is -0.518. The molecule has 2 aromatic heterocycles. The Morgan fingerprint density at radius 3 is 2.94 bits per heavy atom. The van der Waals surface area contributed by atoms with E-state index >= 15 is 0 Å². The molecule has 0 aliphatic rings. The molecule has 0 unspecified atom stereocenters. The van der Waals surface area contributed by atoms with Gasteiger partial charge in [0.15, 0.2) is 5.69 Å². The molecular formula is C11H11N3O3. The minimum Gasteiger partial charge on any atom is -0.481 e. The molecule has 6 heteroatoms. The van der Waals surface area contributed by atoms with E-state index in [0.717, 1.165) is 5.69 Å². The molecular weight excluding hydrogens is 222 g/mol. The van der Waals surface area contributed by atoms with E-state index in [1.54, 1.807) is 19.4 Å². The van der Waals surface area contributed by atoms with E-state index in [-0.39, 0.29) is 5.69 Å². The summed E-state index contributed by atoms with van der Waals surface area (Å²) in [5, 5.41) is 12.6. The van der Waals surface area contributed by atoms with Crippen molar-refractivity contribution < 1.29 is 14.6 Å². The lowest BCUT2D eigenvalue weighted by molar-refractivity contribution is 0.0689. The number of carboxylic acid groups (broad SMARTS) is 1. The van der Waals surface area contributed by atoms with Crippen molar-refractivity contribution in [2.45, 2.75) is 6.54 Å². The van der Waals surface area contributed by atoms with Crippen LogP contribution in [0.1, 0.15) is 16.2 Å². The van der Waals surface area contributed by atoms with Gasteiger partial charge >= 0.3 is 5.97 Å². The van der Waals surface area contributed by atoms with Crippen molar-refractivity contribution in [2.24, 2.45) is 0 Å². The molecule has 88 valence electrons. The van der Waals surface area contributed by atoms with E-state index in [1.165, 1.54) is 10.7 Å². The van der Waals surface area contributed by atoms with Gasteiger partial charge in [-0.15, -0.1) is 0 Å². The van der Waals surface area contributed by atoms with Crippen LogP contribution in [0.3, 0.4) is 0 Å². The lowest BCUT2D eigenvalue weighted by Crippen LogP contribution is -2.05. The summed E-state index contributed by atoms with van der Waals surface area (Å²) in [7, 11) is 1.54. The lowest BCUT2D eigenvalue weighted by atomic mass is 10.3.